The molecule has 3 heteroatoms. The third-order valence-corrected chi connectivity index (χ3v) is 4.40. The van der Waals surface area contributed by atoms with Crippen LogP contribution in [0.2, 0.25) is 0 Å². The van der Waals surface area contributed by atoms with Crippen LogP contribution >= 0.6 is 0 Å². The largest absolute Gasteiger partial charge is 0.399 e. The molecule has 2 aromatic rings. The van der Waals surface area contributed by atoms with E-state index in [0.717, 1.165) is 42.7 Å². The number of amides is 1. The highest BCUT2D eigenvalue weighted by molar-refractivity contribution is 5.99. The van der Waals surface area contributed by atoms with E-state index in [1.807, 2.05) is 53.4 Å². The van der Waals surface area contributed by atoms with E-state index in [-0.39, 0.29) is 11.8 Å². The van der Waals surface area contributed by atoms with Crippen molar-refractivity contribution in [2.24, 2.45) is 0 Å². The van der Waals surface area contributed by atoms with Gasteiger partial charge in [-0.1, -0.05) is 37.3 Å². The summed E-state index contributed by atoms with van der Waals surface area (Å²) in [5.41, 5.74) is 9.95. The molecule has 1 aliphatic heterocycles. The highest BCUT2D eigenvalue weighted by Crippen LogP contribution is 2.32. The second kappa shape index (κ2) is 6.22. The summed E-state index contributed by atoms with van der Waals surface area (Å²) in [5, 5.41) is 0. The van der Waals surface area contributed by atoms with Gasteiger partial charge in [-0.15, -0.1) is 0 Å². The summed E-state index contributed by atoms with van der Waals surface area (Å²) >= 11 is 0. The molecule has 0 bridgehead atoms. The fourth-order valence-corrected chi connectivity index (χ4v) is 3.27. The summed E-state index contributed by atoms with van der Waals surface area (Å²) in [6, 6.07) is 15.9. The van der Waals surface area contributed by atoms with Gasteiger partial charge >= 0.3 is 0 Å². The zero-order valence-electron chi connectivity index (χ0n) is 13.0. The predicted molar refractivity (Wildman–Crippen MR) is 91.0 cm³/mol. The third kappa shape index (κ3) is 2.71. The number of hydrogen-bond donors (Lipinski definition) is 1. The van der Waals surface area contributed by atoms with E-state index in [1.54, 1.807) is 0 Å². The Morgan fingerprint density at radius 3 is 2.73 bits per heavy atom. The van der Waals surface area contributed by atoms with E-state index in [1.165, 1.54) is 5.56 Å². The van der Waals surface area contributed by atoms with E-state index < -0.39 is 0 Å². The summed E-state index contributed by atoms with van der Waals surface area (Å²) in [5.74, 6) is 0.115. The highest BCUT2D eigenvalue weighted by atomic mass is 16.2. The van der Waals surface area contributed by atoms with Crippen LogP contribution in [0.25, 0.3) is 0 Å². The number of nitrogens with zero attached hydrogens (tertiary/aromatic N) is 1. The van der Waals surface area contributed by atoms with Crippen molar-refractivity contribution in [2.75, 3.05) is 17.2 Å². The Kier molecular flexibility index (Phi) is 4.14. The van der Waals surface area contributed by atoms with Gasteiger partial charge < -0.3 is 10.6 Å². The average Bonchev–Trinajstić information content (AvgIpc) is 2.55. The fraction of sp³-hybridized carbons (Fsp3) is 0.316. The number of aryl methyl sites for hydroxylation is 1. The van der Waals surface area contributed by atoms with Crippen molar-refractivity contribution < 1.29 is 4.79 Å². The molecule has 1 unspecified atom stereocenters. The molecule has 0 radical (unpaired) electrons. The second-order valence-corrected chi connectivity index (χ2v) is 5.85. The average molecular weight is 294 g/mol. The van der Waals surface area contributed by atoms with Crippen molar-refractivity contribution in [3.05, 3.63) is 59.7 Å². The minimum absolute atomic E-state index is 0.0790. The minimum atomic E-state index is -0.0790. The lowest BCUT2D eigenvalue weighted by atomic mass is 9.93. The van der Waals surface area contributed by atoms with Gasteiger partial charge in [-0.2, -0.15) is 0 Å². The Hall–Kier alpha value is -2.29. The molecule has 0 saturated heterocycles. The van der Waals surface area contributed by atoms with Crippen LogP contribution in [0.1, 0.15) is 36.8 Å². The van der Waals surface area contributed by atoms with Crippen molar-refractivity contribution >= 4 is 17.3 Å². The summed E-state index contributed by atoms with van der Waals surface area (Å²) in [4.78, 5) is 15.0. The molecule has 0 aromatic heterocycles. The molecule has 2 N–H and O–H groups in total. The number of nitrogens with two attached hydrogens (primary N) is 1. The van der Waals surface area contributed by atoms with Crippen molar-refractivity contribution in [1.29, 1.82) is 0 Å². The molecule has 22 heavy (non-hydrogen) atoms. The van der Waals surface area contributed by atoms with Gasteiger partial charge in [0.25, 0.3) is 0 Å². The van der Waals surface area contributed by atoms with E-state index in [2.05, 4.69) is 6.92 Å². The first-order chi connectivity index (χ1) is 10.7. The van der Waals surface area contributed by atoms with Crippen molar-refractivity contribution in [3.63, 3.8) is 0 Å². The lowest BCUT2D eigenvalue weighted by molar-refractivity contribution is -0.120. The van der Waals surface area contributed by atoms with Gasteiger partial charge in [0, 0.05) is 17.9 Å². The van der Waals surface area contributed by atoms with Crippen LogP contribution in [0.15, 0.2) is 48.5 Å². The molecule has 0 saturated carbocycles. The van der Waals surface area contributed by atoms with Crippen LogP contribution in [-0.2, 0) is 11.2 Å². The molecule has 0 aliphatic carbocycles. The summed E-state index contributed by atoms with van der Waals surface area (Å²) in [6.07, 6.45) is 2.79. The van der Waals surface area contributed by atoms with Crippen LogP contribution in [0.5, 0.6) is 0 Å². The molecule has 1 atom stereocenters. The molecule has 3 rings (SSSR count). The molecular formula is C19H22N2O. The zero-order valence-corrected chi connectivity index (χ0v) is 13.0. The maximum atomic E-state index is 13.1. The van der Waals surface area contributed by atoms with Gasteiger partial charge in [-0.05, 0) is 48.6 Å². The van der Waals surface area contributed by atoms with Gasteiger partial charge in [0.2, 0.25) is 5.91 Å². The molecule has 1 heterocycles. The van der Waals surface area contributed by atoms with Crippen LogP contribution in [0.4, 0.5) is 11.4 Å². The van der Waals surface area contributed by atoms with Crippen molar-refractivity contribution in [3.8, 4) is 0 Å². The second-order valence-electron chi connectivity index (χ2n) is 5.85. The number of nitrogen functional groups attached to an aromatic ring is 1. The molecule has 1 amide bonds. The molecule has 2 aromatic carbocycles. The molecule has 0 fully saturated rings. The Morgan fingerprint density at radius 2 is 2.00 bits per heavy atom. The Bertz CT molecular complexity index is 666. The SMILES string of the molecule is CCC(C(=O)N1CCCc2cc(N)ccc21)c1ccccc1. The smallest absolute Gasteiger partial charge is 0.234 e. The van der Waals surface area contributed by atoms with E-state index in [9.17, 15) is 4.79 Å². The van der Waals surface area contributed by atoms with Crippen LogP contribution in [-0.4, -0.2) is 12.5 Å². The van der Waals surface area contributed by atoms with Gasteiger partial charge in [0.05, 0.1) is 5.92 Å². The summed E-state index contributed by atoms with van der Waals surface area (Å²) < 4.78 is 0. The van der Waals surface area contributed by atoms with Gasteiger partial charge in [0.1, 0.15) is 0 Å². The first-order valence-electron chi connectivity index (χ1n) is 7.95. The molecular weight excluding hydrogens is 272 g/mol. The van der Waals surface area contributed by atoms with Crippen molar-refractivity contribution in [2.45, 2.75) is 32.1 Å². The van der Waals surface area contributed by atoms with Crippen molar-refractivity contribution in [1.82, 2.24) is 0 Å². The van der Waals surface area contributed by atoms with E-state index in [4.69, 9.17) is 5.73 Å². The van der Waals surface area contributed by atoms with Crippen LogP contribution in [0, 0.1) is 0 Å². The number of carbonyl (C=O) groups excluding carboxylic acids is 1. The maximum absolute atomic E-state index is 13.1. The third-order valence-electron chi connectivity index (χ3n) is 4.40. The number of carbonyl (C=O) groups is 1. The number of anilines is 2. The fourth-order valence-electron chi connectivity index (χ4n) is 3.27. The minimum Gasteiger partial charge on any atom is -0.399 e. The molecule has 114 valence electrons. The van der Waals surface area contributed by atoms with Crippen LogP contribution < -0.4 is 10.6 Å². The molecule has 0 spiro atoms. The first-order valence-corrected chi connectivity index (χ1v) is 7.95. The lowest BCUT2D eigenvalue weighted by Gasteiger charge is -2.32. The summed E-state index contributed by atoms with van der Waals surface area (Å²) in [7, 11) is 0. The molecule has 3 nitrogen and oxygen atoms in total. The predicted octanol–water partition coefficient (Wildman–Crippen LogP) is 3.74. The Morgan fingerprint density at radius 1 is 1.23 bits per heavy atom. The van der Waals surface area contributed by atoms with E-state index in [0.29, 0.717) is 0 Å². The quantitative estimate of drug-likeness (QED) is 0.876. The topological polar surface area (TPSA) is 46.3 Å². The standard InChI is InChI=1S/C19H22N2O/c1-2-17(14-7-4-3-5-8-14)19(22)21-12-6-9-15-13-16(20)10-11-18(15)21/h3-5,7-8,10-11,13,17H,2,6,9,12,20H2,1H3. The highest BCUT2D eigenvalue weighted by Gasteiger charge is 2.28. The Balaban J connectivity index is 1.93. The van der Waals surface area contributed by atoms with E-state index >= 15 is 0 Å². The zero-order chi connectivity index (χ0) is 15.5. The van der Waals surface area contributed by atoms with Crippen LogP contribution in [0.3, 0.4) is 0 Å². The van der Waals surface area contributed by atoms with Gasteiger partial charge in [-0.3, -0.25) is 4.79 Å². The monoisotopic (exact) mass is 294 g/mol. The Labute approximate surface area is 131 Å². The van der Waals surface area contributed by atoms with Gasteiger partial charge in [-0.25, -0.2) is 0 Å². The lowest BCUT2D eigenvalue weighted by Crippen LogP contribution is -2.38. The number of benzene rings is 2. The number of rotatable bonds is 3. The first kappa shape index (κ1) is 14.6. The summed E-state index contributed by atoms with van der Waals surface area (Å²) in [6.45, 7) is 2.86. The maximum Gasteiger partial charge on any atom is 0.234 e. The van der Waals surface area contributed by atoms with Gasteiger partial charge in [0.15, 0.2) is 0 Å². The molecule has 1 aliphatic rings. The normalized spacial score (nSPS) is 15.2. The number of hydrogen-bond acceptors (Lipinski definition) is 2. The number of fused-ring (bicyclic) bond motifs is 1.